The molecule has 0 amide bonds. The summed E-state index contributed by atoms with van der Waals surface area (Å²) < 4.78 is 12.1. The Morgan fingerprint density at radius 3 is 2.61 bits per heavy atom. The number of hydrogen-bond acceptors (Lipinski definition) is 5. The van der Waals surface area contributed by atoms with E-state index >= 15 is 0 Å². The minimum atomic E-state index is 0.198. The molecular formula is C23H17BrCl2N2O3. The van der Waals surface area contributed by atoms with Crippen molar-refractivity contribution in [2.75, 3.05) is 7.11 Å². The monoisotopic (exact) mass is 518 g/mol. The standard InChI is InChI=1S/C23H17BrCl2N2O3/c1-29-22-10-16(12-28-31-14-18-5-3-2-4-17(18)11-27)8-19(24)23(22)30-13-15-6-7-20(25)21(26)9-15/h2-10,12H,13-14H2,1H3/b28-12-. The summed E-state index contributed by atoms with van der Waals surface area (Å²) >= 11 is 15.5. The fourth-order valence-electron chi connectivity index (χ4n) is 2.70. The average molecular weight is 520 g/mol. The van der Waals surface area contributed by atoms with Crippen LogP contribution in [-0.2, 0) is 18.1 Å². The number of nitrogens with zero attached hydrogens (tertiary/aromatic N) is 2. The van der Waals surface area contributed by atoms with Gasteiger partial charge in [0.05, 0.1) is 39.5 Å². The number of benzene rings is 3. The lowest BCUT2D eigenvalue weighted by atomic mass is 10.1. The van der Waals surface area contributed by atoms with Crippen LogP contribution in [-0.4, -0.2) is 13.3 Å². The van der Waals surface area contributed by atoms with Crippen LogP contribution in [0.4, 0.5) is 0 Å². The Hall–Kier alpha value is -2.72. The van der Waals surface area contributed by atoms with Gasteiger partial charge < -0.3 is 14.3 Å². The average Bonchev–Trinajstić information content (AvgIpc) is 2.78. The predicted octanol–water partition coefficient (Wildman–Crippen LogP) is 6.77. The van der Waals surface area contributed by atoms with Crippen LogP contribution < -0.4 is 9.47 Å². The second-order valence-corrected chi connectivity index (χ2v) is 8.02. The van der Waals surface area contributed by atoms with E-state index in [4.69, 9.17) is 42.8 Å². The van der Waals surface area contributed by atoms with E-state index in [2.05, 4.69) is 27.2 Å². The van der Waals surface area contributed by atoms with E-state index in [0.717, 1.165) is 16.7 Å². The largest absolute Gasteiger partial charge is 0.493 e. The Morgan fingerprint density at radius 1 is 1.06 bits per heavy atom. The lowest BCUT2D eigenvalue weighted by Crippen LogP contribution is -2.00. The van der Waals surface area contributed by atoms with Gasteiger partial charge in [-0.1, -0.05) is 52.6 Å². The fourth-order valence-corrected chi connectivity index (χ4v) is 3.59. The zero-order chi connectivity index (χ0) is 22.2. The molecule has 5 nitrogen and oxygen atoms in total. The number of oxime groups is 1. The van der Waals surface area contributed by atoms with Gasteiger partial charge in [-0.3, -0.25) is 0 Å². The highest BCUT2D eigenvalue weighted by Crippen LogP contribution is 2.37. The van der Waals surface area contributed by atoms with Gasteiger partial charge in [0, 0.05) is 11.1 Å². The maximum absolute atomic E-state index is 9.12. The zero-order valence-electron chi connectivity index (χ0n) is 16.4. The quantitative estimate of drug-likeness (QED) is 0.243. The molecule has 0 bridgehead atoms. The van der Waals surface area contributed by atoms with Crippen LogP contribution in [0.3, 0.4) is 0 Å². The lowest BCUT2D eigenvalue weighted by Gasteiger charge is -2.14. The van der Waals surface area contributed by atoms with Gasteiger partial charge in [0.2, 0.25) is 0 Å². The molecule has 3 rings (SSSR count). The van der Waals surface area contributed by atoms with Gasteiger partial charge in [0.15, 0.2) is 11.5 Å². The maximum Gasteiger partial charge on any atom is 0.175 e. The molecule has 8 heteroatoms. The van der Waals surface area contributed by atoms with Crippen LogP contribution >= 0.6 is 39.1 Å². The summed E-state index contributed by atoms with van der Waals surface area (Å²) in [6, 6.07) is 18.3. The third-order valence-corrected chi connectivity index (χ3v) is 5.58. The second kappa shape index (κ2) is 11.1. The minimum Gasteiger partial charge on any atom is -0.493 e. The van der Waals surface area contributed by atoms with E-state index in [1.807, 2.05) is 24.3 Å². The summed E-state index contributed by atoms with van der Waals surface area (Å²) in [6.07, 6.45) is 1.56. The predicted molar refractivity (Wildman–Crippen MR) is 125 cm³/mol. The summed E-state index contributed by atoms with van der Waals surface area (Å²) in [5.74, 6) is 1.08. The van der Waals surface area contributed by atoms with E-state index in [9.17, 15) is 0 Å². The third-order valence-electron chi connectivity index (χ3n) is 4.25. The van der Waals surface area contributed by atoms with Crippen molar-refractivity contribution >= 4 is 45.3 Å². The molecule has 3 aromatic carbocycles. The second-order valence-electron chi connectivity index (χ2n) is 6.35. The topological polar surface area (TPSA) is 63.8 Å². The first-order chi connectivity index (χ1) is 15.0. The first-order valence-electron chi connectivity index (χ1n) is 9.09. The van der Waals surface area contributed by atoms with Crippen molar-refractivity contribution in [3.8, 4) is 17.6 Å². The summed E-state index contributed by atoms with van der Waals surface area (Å²) in [7, 11) is 1.56. The van der Waals surface area contributed by atoms with Gasteiger partial charge in [0.1, 0.15) is 13.2 Å². The van der Waals surface area contributed by atoms with Crippen molar-refractivity contribution in [1.82, 2.24) is 0 Å². The van der Waals surface area contributed by atoms with Crippen LogP contribution in [0.25, 0.3) is 0 Å². The molecule has 3 aromatic rings. The van der Waals surface area contributed by atoms with Crippen LogP contribution in [0, 0.1) is 11.3 Å². The summed E-state index contributed by atoms with van der Waals surface area (Å²) in [5, 5.41) is 14.1. The first-order valence-corrected chi connectivity index (χ1v) is 10.6. The molecule has 0 N–H and O–H groups in total. The Labute approximate surface area is 198 Å². The molecule has 0 fully saturated rings. The molecule has 0 heterocycles. The third kappa shape index (κ3) is 6.14. The number of nitriles is 1. The highest BCUT2D eigenvalue weighted by molar-refractivity contribution is 9.10. The molecule has 0 saturated carbocycles. The zero-order valence-corrected chi connectivity index (χ0v) is 19.5. The molecule has 0 aliphatic heterocycles. The number of methoxy groups -OCH3 is 1. The molecule has 0 atom stereocenters. The van der Waals surface area contributed by atoms with Gasteiger partial charge in [-0.2, -0.15) is 5.26 Å². The molecule has 0 aliphatic rings. The molecule has 158 valence electrons. The molecular weight excluding hydrogens is 503 g/mol. The molecule has 0 aromatic heterocycles. The van der Waals surface area contributed by atoms with Gasteiger partial charge in [-0.05, 0) is 51.8 Å². The smallest absolute Gasteiger partial charge is 0.175 e. The lowest BCUT2D eigenvalue weighted by molar-refractivity contribution is 0.132. The van der Waals surface area contributed by atoms with Crippen LogP contribution in [0.1, 0.15) is 22.3 Å². The van der Waals surface area contributed by atoms with Crippen LogP contribution in [0.15, 0.2) is 64.2 Å². The number of halogens is 3. The van der Waals surface area contributed by atoms with Crippen molar-refractivity contribution in [1.29, 1.82) is 5.26 Å². The van der Waals surface area contributed by atoms with Crippen LogP contribution in [0.5, 0.6) is 11.5 Å². The van der Waals surface area contributed by atoms with Gasteiger partial charge >= 0.3 is 0 Å². The number of hydrogen-bond donors (Lipinski definition) is 0. The summed E-state index contributed by atoms with van der Waals surface area (Å²) in [5.41, 5.74) is 2.96. The van der Waals surface area contributed by atoms with Crippen molar-refractivity contribution in [3.63, 3.8) is 0 Å². The Balaban J connectivity index is 1.67. The van der Waals surface area contributed by atoms with Crippen molar-refractivity contribution < 1.29 is 14.3 Å². The van der Waals surface area contributed by atoms with Gasteiger partial charge in [-0.15, -0.1) is 0 Å². The van der Waals surface area contributed by atoms with E-state index in [1.165, 1.54) is 0 Å². The van der Waals surface area contributed by atoms with E-state index in [-0.39, 0.29) is 6.61 Å². The highest BCUT2D eigenvalue weighted by atomic mass is 79.9. The van der Waals surface area contributed by atoms with Crippen LogP contribution in [0.2, 0.25) is 10.0 Å². The molecule has 0 radical (unpaired) electrons. The molecule has 0 saturated heterocycles. The van der Waals surface area contributed by atoms with E-state index < -0.39 is 0 Å². The number of rotatable bonds is 8. The highest BCUT2D eigenvalue weighted by Gasteiger charge is 2.12. The van der Waals surface area contributed by atoms with Gasteiger partial charge in [-0.25, -0.2) is 0 Å². The molecule has 0 unspecified atom stereocenters. The number of ether oxygens (including phenoxy) is 2. The summed E-state index contributed by atoms with van der Waals surface area (Å²) in [4.78, 5) is 5.34. The Kier molecular flexibility index (Phi) is 8.19. The normalized spacial score (nSPS) is 10.7. The Morgan fingerprint density at radius 2 is 1.87 bits per heavy atom. The van der Waals surface area contributed by atoms with E-state index in [0.29, 0.717) is 38.2 Å². The van der Waals surface area contributed by atoms with Crippen molar-refractivity contribution in [2.45, 2.75) is 13.2 Å². The SMILES string of the molecule is COc1cc(/C=N\OCc2ccccc2C#N)cc(Br)c1OCc1ccc(Cl)c(Cl)c1. The maximum atomic E-state index is 9.12. The van der Waals surface area contributed by atoms with E-state index in [1.54, 1.807) is 43.7 Å². The van der Waals surface area contributed by atoms with Crippen molar-refractivity contribution in [2.24, 2.45) is 5.16 Å². The summed E-state index contributed by atoms with van der Waals surface area (Å²) in [6.45, 7) is 0.490. The fraction of sp³-hybridized carbons (Fsp3) is 0.130. The first kappa shape index (κ1) is 23.0. The minimum absolute atomic E-state index is 0.198. The molecule has 0 spiro atoms. The molecule has 0 aliphatic carbocycles. The molecule has 31 heavy (non-hydrogen) atoms. The van der Waals surface area contributed by atoms with Crippen molar-refractivity contribution in [3.05, 3.63) is 91.4 Å². The van der Waals surface area contributed by atoms with Gasteiger partial charge in [0.25, 0.3) is 0 Å². The Bertz CT molecular complexity index is 1150.